The number of nitrogens with zero attached hydrogens (tertiary/aromatic N) is 3. The predicted octanol–water partition coefficient (Wildman–Crippen LogP) is 1.31. The van der Waals surface area contributed by atoms with Crippen LogP contribution in [0.3, 0.4) is 0 Å². The van der Waals surface area contributed by atoms with Crippen molar-refractivity contribution in [2.75, 3.05) is 6.54 Å². The Kier molecular flexibility index (Phi) is 3.05. The highest BCUT2D eigenvalue weighted by atomic mass is 15.3. The van der Waals surface area contributed by atoms with Gasteiger partial charge < -0.3 is 10.3 Å². The van der Waals surface area contributed by atoms with Crippen molar-refractivity contribution in [3.05, 3.63) is 11.6 Å². The Morgan fingerprint density at radius 3 is 2.93 bits per heavy atom. The molecule has 0 fully saturated rings. The first-order chi connectivity index (χ1) is 7.22. The van der Waals surface area contributed by atoms with E-state index in [0.29, 0.717) is 18.4 Å². The Morgan fingerprint density at radius 2 is 2.27 bits per heavy atom. The van der Waals surface area contributed by atoms with Crippen LogP contribution in [0.5, 0.6) is 0 Å². The summed E-state index contributed by atoms with van der Waals surface area (Å²) in [7, 11) is 0. The van der Waals surface area contributed by atoms with Crippen molar-refractivity contribution in [1.82, 2.24) is 14.8 Å². The second-order valence-electron chi connectivity index (χ2n) is 4.80. The van der Waals surface area contributed by atoms with E-state index in [1.807, 2.05) is 0 Å². The molecule has 2 rings (SSSR count). The van der Waals surface area contributed by atoms with Crippen molar-refractivity contribution < 1.29 is 0 Å². The van der Waals surface area contributed by atoms with E-state index in [4.69, 9.17) is 5.73 Å². The molecule has 0 radical (unpaired) electrons. The van der Waals surface area contributed by atoms with Crippen LogP contribution in [-0.2, 0) is 13.0 Å². The van der Waals surface area contributed by atoms with Gasteiger partial charge in [0, 0.05) is 25.4 Å². The molecule has 0 aliphatic carbocycles. The first-order valence-corrected chi connectivity index (χ1v) is 5.84. The number of nitrogens with two attached hydrogens (primary N) is 1. The third-order valence-electron chi connectivity index (χ3n) is 3.03. The van der Waals surface area contributed by atoms with Crippen LogP contribution < -0.4 is 5.73 Å². The van der Waals surface area contributed by atoms with Gasteiger partial charge in [-0.15, -0.1) is 10.2 Å². The molecule has 4 nitrogen and oxygen atoms in total. The van der Waals surface area contributed by atoms with Gasteiger partial charge in [0.1, 0.15) is 11.6 Å². The van der Waals surface area contributed by atoms with E-state index < -0.39 is 0 Å². The van der Waals surface area contributed by atoms with Crippen molar-refractivity contribution in [3.63, 3.8) is 0 Å². The molecule has 4 heteroatoms. The van der Waals surface area contributed by atoms with Gasteiger partial charge in [-0.3, -0.25) is 0 Å². The molecule has 1 aromatic rings. The number of hydrogen-bond acceptors (Lipinski definition) is 3. The Balaban J connectivity index is 2.25. The van der Waals surface area contributed by atoms with Gasteiger partial charge in [-0.2, -0.15) is 0 Å². The quantitative estimate of drug-likeness (QED) is 0.815. The van der Waals surface area contributed by atoms with Gasteiger partial charge in [0.15, 0.2) is 0 Å². The van der Waals surface area contributed by atoms with Gasteiger partial charge in [0.2, 0.25) is 0 Å². The summed E-state index contributed by atoms with van der Waals surface area (Å²) >= 11 is 0. The molecular formula is C11H20N4. The lowest BCUT2D eigenvalue weighted by Gasteiger charge is -2.22. The molecule has 84 valence electrons. The van der Waals surface area contributed by atoms with Crippen LogP contribution in [-0.4, -0.2) is 21.3 Å². The molecule has 1 unspecified atom stereocenters. The minimum atomic E-state index is 0.423. The lowest BCUT2D eigenvalue weighted by molar-refractivity contribution is 0.433. The van der Waals surface area contributed by atoms with Crippen LogP contribution >= 0.6 is 0 Å². The van der Waals surface area contributed by atoms with Crippen molar-refractivity contribution in [1.29, 1.82) is 0 Å². The van der Waals surface area contributed by atoms with Gasteiger partial charge in [-0.25, -0.2) is 0 Å². The second kappa shape index (κ2) is 4.31. The Morgan fingerprint density at radius 1 is 1.47 bits per heavy atom. The third kappa shape index (κ3) is 2.04. The maximum Gasteiger partial charge on any atom is 0.137 e. The monoisotopic (exact) mass is 208 g/mol. The zero-order chi connectivity index (χ0) is 10.8. The summed E-state index contributed by atoms with van der Waals surface area (Å²) in [5.41, 5.74) is 5.75. The van der Waals surface area contributed by atoms with Crippen molar-refractivity contribution in [3.8, 4) is 0 Å². The van der Waals surface area contributed by atoms with Crippen molar-refractivity contribution in [2.45, 2.75) is 45.6 Å². The predicted molar refractivity (Wildman–Crippen MR) is 59.6 cm³/mol. The van der Waals surface area contributed by atoms with E-state index in [1.54, 1.807) is 0 Å². The van der Waals surface area contributed by atoms with Crippen LogP contribution in [0, 0.1) is 5.92 Å². The topological polar surface area (TPSA) is 56.7 Å². The van der Waals surface area contributed by atoms with E-state index in [2.05, 4.69) is 28.6 Å². The Labute approximate surface area is 90.9 Å². The van der Waals surface area contributed by atoms with Gasteiger partial charge in [0.05, 0.1) is 0 Å². The maximum absolute atomic E-state index is 5.75. The van der Waals surface area contributed by atoms with Crippen LogP contribution in [0.15, 0.2) is 0 Å². The summed E-state index contributed by atoms with van der Waals surface area (Å²) in [5, 5.41) is 8.59. The fraction of sp³-hybridized carbons (Fsp3) is 0.818. The normalized spacial score (nSPS) is 20.7. The van der Waals surface area contributed by atoms with Crippen molar-refractivity contribution >= 4 is 0 Å². The van der Waals surface area contributed by atoms with E-state index >= 15 is 0 Å². The van der Waals surface area contributed by atoms with Gasteiger partial charge in [-0.05, 0) is 18.8 Å². The molecule has 2 heterocycles. The average Bonchev–Trinajstić information content (AvgIpc) is 2.61. The number of aromatic nitrogens is 3. The molecule has 0 bridgehead atoms. The second-order valence-corrected chi connectivity index (χ2v) is 4.80. The fourth-order valence-electron chi connectivity index (χ4n) is 2.26. The van der Waals surface area contributed by atoms with E-state index in [9.17, 15) is 0 Å². The van der Waals surface area contributed by atoms with Crippen LogP contribution in [0.1, 0.15) is 44.3 Å². The van der Waals surface area contributed by atoms with Gasteiger partial charge in [0.25, 0.3) is 0 Å². The minimum absolute atomic E-state index is 0.423. The molecule has 0 spiro atoms. The molecule has 1 atom stereocenters. The maximum atomic E-state index is 5.75. The average molecular weight is 208 g/mol. The van der Waals surface area contributed by atoms with E-state index in [0.717, 1.165) is 31.0 Å². The van der Waals surface area contributed by atoms with E-state index in [1.165, 1.54) is 6.42 Å². The first kappa shape index (κ1) is 10.6. The minimum Gasteiger partial charge on any atom is -0.330 e. The fourth-order valence-corrected chi connectivity index (χ4v) is 2.26. The highest BCUT2D eigenvalue weighted by Gasteiger charge is 2.23. The molecule has 0 aromatic carbocycles. The molecule has 2 N–H and O–H groups in total. The number of fused-ring (bicyclic) bond motifs is 1. The van der Waals surface area contributed by atoms with Crippen LogP contribution in [0.25, 0.3) is 0 Å². The van der Waals surface area contributed by atoms with Gasteiger partial charge >= 0.3 is 0 Å². The molecule has 1 aliphatic rings. The molecule has 1 aromatic heterocycles. The number of rotatable bonds is 3. The summed E-state index contributed by atoms with van der Waals surface area (Å²) in [6.07, 6.45) is 3.39. The first-order valence-electron chi connectivity index (χ1n) is 5.84. The summed E-state index contributed by atoms with van der Waals surface area (Å²) in [6, 6.07) is 0. The summed E-state index contributed by atoms with van der Waals surface area (Å²) in [4.78, 5) is 0. The molecule has 0 saturated carbocycles. The summed E-state index contributed by atoms with van der Waals surface area (Å²) < 4.78 is 2.28. The molecule has 0 saturated heterocycles. The summed E-state index contributed by atoms with van der Waals surface area (Å²) in [5.74, 6) is 3.31. The zero-order valence-corrected chi connectivity index (χ0v) is 9.61. The number of hydrogen-bond donors (Lipinski definition) is 1. The van der Waals surface area contributed by atoms with Crippen molar-refractivity contribution in [2.24, 2.45) is 11.7 Å². The lowest BCUT2D eigenvalue weighted by Crippen LogP contribution is -2.23. The highest BCUT2D eigenvalue weighted by molar-refractivity contribution is 5.06. The largest absolute Gasteiger partial charge is 0.330 e. The zero-order valence-electron chi connectivity index (χ0n) is 9.61. The van der Waals surface area contributed by atoms with Crippen LogP contribution in [0.4, 0.5) is 0 Å². The van der Waals surface area contributed by atoms with Gasteiger partial charge in [-0.1, -0.05) is 13.8 Å². The Bertz CT molecular complexity index is 329. The SMILES string of the molecule is CC(C)Cc1nnc2n1CCCC2CN. The molecule has 15 heavy (non-hydrogen) atoms. The van der Waals surface area contributed by atoms with E-state index in [-0.39, 0.29) is 0 Å². The molecule has 0 amide bonds. The standard InChI is InChI=1S/C11H20N4/c1-8(2)6-10-13-14-11-9(7-12)4-3-5-15(10)11/h8-9H,3-7,12H2,1-2H3. The smallest absolute Gasteiger partial charge is 0.137 e. The highest BCUT2D eigenvalue weighted by Crippen LogP contribution is 2.25. The summed E-state index contributed by atoms with van der Waals surface area (Å²) in [6.45, 7) is 6.19. The lowest BCUT2D eigenvalue weighted by atomic mass is 9.99. The molecular weight excluding hydrogens is 188 g/mol. The Hall–Kier alpha value is -0.900. The van der Waals surface area contributed by atoms with Crippen LogP contribution in [0.2, 0.25) is 0 Å². The third-order valence-corrected chi connectivity index (χ3v) is 3.03. The molecule has 1 aliphatic heterocycles.